The van der Waals surface area contributed by atoms with Gasteiger partial charge in [-0.1, -0.05) is 48.5 Å². The number of aliphatic hydroxyl groups excluding tert-OH is 1. The lowest BCUT2D eigenvalue weighted by Gasteiger charge is -2.10. The molecule has 7 heteroatoms. The van der Waals surface area contributed by atoms with Crippen molar-refractivity contribution in [1.82, 2.24) is 9.36 Å². The van der Waals surface area contributed by atoms with Crippen molar-refractivity contribution >= 4 is 11.8 Å². The molecule has 29 heavy (non-hydrogen) atoms. The van der Waals surface area contributed by atoms with Gasteiger partial charge in [-0.2, -0.15) is 0 Å². The number of aliphatic hydroxyl groups is 1. The summed E-state index contributed by atoms with van der Waals surface area (Å²) in [6.45, 7) is 0.196. The summed E-state index contributed by atoms with van der Waals surface area (Å²) in [5.74, 6) is 0. The number of nitrogens with one attached hydrogen (secondary N) is 1. The van der Waals surface area contributed by atoms with Gasteiger partial charge in [0.2, 0.25) is 0 Å². The number of hydrogen-bond acceptors (Lipinski definition) is 4. The fourth-order valence-corrected chi connectivity index (χ4v) is 3.19. The molecule has 0 aliphatic carbocycles. The molecule has 1 aromatic heterocycles. The molecule has 7 nitrogen and oxygen atoms in total. The predicted molar refractivity (Wildman–Crippen MR) is 111 cm³/mol. The largest absolute Gasteiger partial charge is 0.444 e. The zero-order valence-electron chi connectivity index (χ0n) is 16.4. The lowest BCUT2D eigenvalue weighted by molar-refractivity contribution is 0.155. The summed E-state index contributed by atoms with van der Waals surface area (Å²) in [5, 5.41) is 11.7. The third-order valence-corrected chi connectivity index (χ3v) is 4.65. The smallest absolute Gasteiger partial charge is 0.412 e. The van der Waals surface area contributed by atoms with Crippen molar-refractivity contribution in [3.63, 3.8) is 0 Å². The van der Waals surface area contributed by atoms with E-state index in [0.29, 0.717) is 30.6 Å². The first kappa shape index (κ1) is 20.4. The lowest BCUT2D eigenvalue weighted by Crippen LogP contribution is -2.23. The molecule has 3 aromatic rings. The number of ether oxygens (including phenoxy) is 1. The maximum Gasteiger partial charge on any atom is 0.412 e. The molecule has 1 heterocycles. The highest BCUT2D eigenvalue weighted by Crippen LogP contribution is 2.18. The van der Waals surface area contributed by atoms with Crippen molar-refractivity contribution in [3.05, 3.63) is 82.3 Å². The molecule has 0 bridgehead atoms. The van der Waals surface area contributed by atoms with E-state index in [-0.39, 0.29) is 24.5 Å². The van der Waals surface area contributed by atoms with Crippen LogP contribution >= 0.6 is 0 Å². The van der Waals surface area contributed by atoms with E-state index in [9.17, 15) is 9.59 Å². The van der Waals surface area contributed by atoms with E-state index in [1.165, 1.54) is 4.68 Å². The van der Waals surface area contributed by atoms with Gasteiger partial charge < -0.3 is 9.84 Å². The molecule has 1 amide bonds. The number of nitrogens with zero attached hydrogens (tertiary/aromatic N) is 2. The minimum absolute atomic E-state index is 0.0786. The number of benzene rings is 2. The number of unbranched alkanes of at least 4 members (excludes halogenated alkanes) is 1. The fourth-order valence-electron chi connectivity index (χ4n) is 3.19. The van der Waals surface area contributed by atoms with E-state index >= 15 is 0 Å². The monoisotopic (exact) mass is 395 g/mol. The Kier molecular flexibility index (Phi) is 6.86. The molecule has 0 spiro atoms. The van der Waals surface area contributed by atoms with E-state index in [4.69, 9.17) is 9.84 Å². The second-order valence-corrected chi connectivity index (χ2v) is 6.67. The van der Waals surface area contributed by atoms with E-state index in [1.54, 1.807) is 11.7 Å². The Morgan fingerprint density at radius 2 is 1.69 bits per heavy atom. The second kappa shape index (κ2) is 9.75. The molecule has 3 rings (SSSR count). The Balaban J connectivity index is 1.85. The lowest BCUT2D eigenvalue weighted by atomic mass is 10.2. The molecule has 0 fully saturated rings. The van der Waals surface area contributed by atoms with Crippen LogP contribution in [0, 0.1) is 0 Å². The first-order chi connectivity index (χ1) is 14.1. The van der Waals surface area contributed by atoms with Gasteiger partial charge in [0.05, 0.1) is 11.4 Å². The van der Waals surface area contributed by atoms with E-state index in [2.05, 4.69) is 5.32 Å². The molecule has 0 saturated heterocycles. The minimum atomic E-state index is -0.680. The van der Waals surface area contributed by atoms with Crippen LogP contribution in [-0.2, 0) is 24.8 Å². The van der Waals surface area contributed by atoms with Gasteiger partial charge in [0.25, 0.3) is 5.56 Å². The van der Waals surface area contributed by atoms with Crippen LogP contribution in [0.25, 0.3) is 5.69 Å². The van der Waals surface area contributed by atoms with Crippen molar-refractivity contribution < 1.29 is 14.6 Å². The van der Waals surface area contributed by atoms with E-state index in [0.717, 1.165) is 5.56 Å². The molecule has 0 radical (unpaired) electrons. The molecule has 0 aliphatic rings. The molecule has 0 saturated carbocycles. The summed E-state index contributed by atoms with van der Waals surface area (Å²) in [6, 6.07) is 18.6. The number of carbonyl (C=O) groups is 1. The van der Waals surface area contributed by atoms with Crippen molar-refractivity contribution in [3.8, 4) is 5.69 Å². The van der Waals surface area contributed by atoms with Crippen LogP contribution in [0.15, 0.2) is 65.5 Å². The summed E-state index contributed by atoms with van der Waals surface area (Å²) in [5.41, 5.74) is 2.13. The number of aromatic nitrogens is 2. The molecular weight excluding hydrogens is 370 g/mol. The third kappa shape index (κ3) is 4.94. The Morgan fingerprint density at radius 1 is 1.03 bits per heavy atom. The summed E-state index contributed by atoms with van der Waals surface area (Å²) < 4.78 is 8.53. The van der Waals surface area contributed by atoms with Gasteiger partial charge in [-0.05, 0) is 37.0 Å². The van der Waals surface area contributed by atoms with Crippen LogP contribution in [0.5, 0.6) is 0 Å². The molecule has 0 atom stereocenters. The molecule has 0 unspecified atom stereocenters. The summed E-state index contributed by atoms with van der Waals surface area (Å²) >= 11 is 0. The molecular formula is C22H25N3O4. The summed E-state index contributed by atoms with van der Waals surface area (Å²) in [4.78, 5) is 25.4. The van der Waals surface area contributed by atoms with E-state index < -0.39 is 6.09 Å². The predicted octanol–water partition coefficient (Wildman–Crippen LogP) is 3.24. The van der Waals surface area contributed by atoms with Crippen LogP contribution in [0.1, 0.15) is 24.1 Å². The Hall–Kier alpha value is -3.32. The van der Waals surface area contributed by atoms with Gasteiger partial charge in [0.1, 0.15) is 12.3 Å². The van der Waals surface area contributed by atoms with Gasteiger partial charge >= 0.3 is 6.09 Å². The van der Waals surface area contributed by atoms with Crippen LogP contribution < -0.4 is 10.9 Å². The normalized spacial score (nSPS) is 10.7. The minimum Gasteiger partial charge on any atom is -0.444 e. The Labute approximate surface area is 169 Å². The third-order valence-electron chi connectivity index (χ3n) is 4.65. The topological polar surface area (TPSA) is 85.5 Å². The van der Waals surface area contributed by atoms with Crippen LogP contribution in [0.4, 0.5) is 10.5 Å². The molecule has 152 valence electrons. The highest BCUT2D eigenvalue weighted by molar-refractivity contribution is 5.85. The Bertz CT molecular complexity index is 994. The molecule has 2 aromatic carbocycles. The summed E-state index contributed by atoms with van der Waals surface area (Å²) in [7, 11) is 1.78. The van der Waals surface area contributed by atoms with Gasteiger partial charge in [-0.15, -0.1) is 0 Å². The second-order valence-electron chi connectivity index (χ2n) is 6.67. The zero-order chi connectivity index (χ0) is 20.6. The zero-order valence-corrected chi connectivity index (χ0v) is 16.4. The molecule has 0 aliphatic heterocycles. The van der Waals surface area contributed by atoms with Crippen LogP contribution in [-0.4, -0.2) is 27.2 Å². The quantitative estimate of drug-likeness (QED) is 0.574. The first-order valence-corrected chi connectivity index (χ1v) is 9.56. The average Bonchev–Trinajstić information content (AvgIpc) is 2.97. The van der Waals surface area contributed by atoms with Gasteiger partial charge in [-0.3, -0.25) is 14.8 Å². The first-order valence-electron chi connectivity index (χ1n) is 9.56. The van der Waals surface area contributed by atoms with Crippen molar-refractivity contribution in [1.29, 1.82) is 0 Å². The summed E-state index contributed by atoms with van der Waals surface area (Å²) in [6.07, 6.45) is 1.17. The van der Waals surface area contributed by atoms with Crippen molar-refractivity contribution in [2.75, 3.05) is 11.9 Å². The highest BCUT2D eigenvalue weighted by atomic mass is 16.5. The Morgan fingerprint density at radius 3 is 2.34 bits per heavy atom. The standard InChI is InChI=1S/C22H25N3O4/c1-24-19(14-8-9-15-26)20(21(27)25(24)18-12-6-3-7-13-18)23-22(28)29-16-17-10-4-2-5-11-17/h2-7,10-13,26H,8-9,14-16H2,1H3,(H,23,28). The van der Waals surface area contributed by atoms with Crippen LogP contribution in [0.3, 0.4) is 0 Å². The van der Waals surface area contributed by atoms with Crippen LogP contribution in [0.2, 0.25) is 0 Å². The number of hydrogen-bond donors (Lipinski definition) is 2. The SMILES string of the molecule is Cn1c(CCCCO)c(NC(=O)OCc2ccccc2)c(=O)n1-c1ccccc1. The van der Waals surface area contributed by atoms with Gasteiger partial charge in [-0.25, -0.2) is 9.48 Å². The van der Waals surface area contributed by atoms with E-state index in [1.807, 2.05) is 60.7 Å². The number of anilines is 1. The van der Waals surface area contributed by atoms with Gasteiger partial charge in [0, 0.05) is 13.7 Å². The average molecular weight is 395 g/mol. The van der Waals surface area contributed by atoms with Gasteiger partial charge in [0.15, 0.2) is 0 Å². The highest BCUT2D eigenvalue weighted by Gasteiger charge is 2.21. The number of carbonyl (C=O) groups excluding carboxylic acids is 1. The van der Waals surface area contributed by atoms with Crippen molar-refractivity contribution in [2.24, 2.45) is 7.05 Å². The maximum absolute atomic E-state index is 13.1. The fraction of sp³-hybridized carbons (Fsp3) is 0.273. The number of rotatable bonds is 8. The number of amides is 1. The number of para-hydroxylation sites is 1. The van der Waals surface area contributed by atoms with Crippen molar-refractivity contribution in [2.45, 2.75) is 25.9 Å². The maximum atomic E-state index is 13.1. The molecule has 2 N–H and O–H groups in total.